The SMILES string of the molecule is C=CC(=O)N(C)CC(=O)N(C)Cc1ccccc1N(C)C. The summed E-state index contributed by atoms with van der Waals surface area (Å²) in [5, 5.41) is 0. The Labute approximate surface area is 126 Å². The average Bonchev–Trinajstić information content (AvgIpc) is 2.46. The molecular weight excluding hydrogens is 266 g/mol. The van der Waals surface area contributed by atoms with E-state index in [0.717, 1.165) is 11.3 Å². The van der Waals surface area contributed by atoms with E-state index in [1.54, 1.807) is 19.0 Å². The van der Waals surface area contributed by atoms with Gasteiger partial charge in [0.25, 0.3) is 0 Å². The lowest BCUT2D eigenvalue weighted by Crippen LogP contribution is -2.38. The van der Waals surface area contributed by atoms with E-state index in [9.17, 15) is 9.59 Å². The molecule has 114 valence electrons. The third kappa shape index (κ3) is 4.63. The van der Waals surface area contributed by atoms with Gasteiger partial charge in [-0.1, -0.05) is 24.8 Å². The predicted molar refractivity (Wildman–Crippen MR) is 85.1 cm³/mol. The van der Waals surface area contributed by atoms with Gasteiger partial charge in [-0.2, -0.15) is 0 Å². The second-order valence-corrected chi connectivity index (χ2v) is 5.17. The van der Waals surface area contributed by atoms with Crippen LogP contribution in [-0.2, 0) is 16.1 Å². The van der Waals surface area contributed by atoms with Gasteiger partial charge in [0, 0.05) is 40.4 Å². The Balaban J connectivity index is 2.73. The first kappa shape index (κ1) is 16.8. The highest BCUT2D eigenvalue weighted by molar-refractivity contribution is 5.90. The Hall–Kier alpha value is -2.30. The van der Waals surface area contributed by atoms with Crippen LogP contribution < -0.4 is 4.90 Å². The number of carbonyl (C=O) groups is 2. The summed E-state index contributed by atoms with van der Waals surface area (Å²) < 4.78 is 0. The smallest absolute Gasteiger partial charge is 0.246 e. The molecule has 0 fully saturated rings. The summed E-state index contributed by atoms with van der Waals surface area (Å²) >= 11 is 0. The van der Waals surface area contributed by atoms with E-state index in [1.165, 1.54) is 11.0 Å². The molecule has 0 aliphatic rings. The number of hydrogen-bond donors (Lipinski definition) is 0. The molecule has 0 saturated carbocycles. The first-order chi connectivity index (χ1) is 9.86. The lowest BCUT2D eigenvalue weighted by Gasteiger charge is -2.24. The molecule has 5 nitrogen and oxygen atoms in total. The van der Waals surface area contributed by atoms with Crippen molar-refractivity contribution in [1.29, 1.82) is 0 Å². The number of para-hydroxylation sites is 1. The van der Waals surface area contributed by atoms with Crippen molar-refractivity contribution in [2.24, 2.45) is 0 Å². The number of amides is 2. The van der Waals surface area contributed by atoms with Crippen LogP contribution >= 0.6 is 0 Å². The van der Waals surface area contributed by atoms with E-state index in [-0.39, 0.29) is 18.4 Å². The molecule has 1 aromatic carbocycles. The van der Waals surface area contributed by atoms with Crippen LogP contribution in [0.15, 0.2) is 36.9 Å². The highest BCUT2D eigenvalue weighted by Crippen LogP contribution is 2.19. The molecule has 2 amide bonds. The van der Waals surface area contributed by atoms with Gasteiger partial charge in [-0.3, -0.25) is 9.59 Å². The van der Waals surface area contributed by atoms with Crippen molar-refractivity contribution in [3.63, 3.8) is 0 Å². The van der Waals surface area contributed by atoms with Crippen molar-refractivity contribution in [3.05, 3.63) is 42.5 Å². The molecule has 0 unspecified atom stereocenters. The number of anilines is 1. The third-order valence-electron chi connectivity index (χ3n) is 3.23. The number of rotatable bonds is 6. The van der Waals surface area contributed by atoms with Crippen molar-refractivity contribution in [3.8, 4) is 0 Å². The zero-order valence-corrected chi connectivity index (χ0v) is 13.2. The van der Waals surface area contributed by atoms with Crippen molar-refractivity contribution >= 4 is 17.5 Å². The van der Waals surface area contributed by atoms with Crippen molar-refractivity contribution in [1.82, 2.24) is 9.80 Å². The maximum atomic E-state index is 12.1. The average molecular weight is 289 g/mol. The molecular formula is C16H23N3O2. The highest BCUT2D eigenvalue weighted by Gasteiger charge is 2.15. The first-order valence-electron chi connectivity index (χ1n) is 6.73. The van der Waals surface area contributed by atoms with Crippen molar-refractivity contribution < 1.29 is 9.59 Å². The fourth-order valence-corrected chi connectivity index (χ4v) is 1.98. The van der Waals surface area contributed by atoms with Crippen LogP contribution in [0.5, 0.6) is 0 Å². The predicted octanol–water partition coefficient (Wildman–Crippen LogP) is 1.36. The number of nitrogens with zero attached hydrogens (tertiary/aromatic N) is 3. The van der Waals surface area contributed by atoms with E-state index in [0.29, 0.717) is 6.54 Å². The Morgan fingerprint density at radius 1 is 1.10 bits per heavy atom. The molecule has 0 aliphatic carbocycles. The molecule has 0 spiro atoms. The Morgan fingerprint density at radius 3 is 2.29 bits per heavy atom. The van der Waals surface area contributed by atoms with Gasteiger partial charge in [-0.25, -0.2) is 0 Å². The highest BCUT2D eigenvalue weighted by atomic mass is 16.2. The standard InChI is InChI=1S/C16H23N3O2/c1-6-15(20)19(5)12-16(21)18(4)11-13-9-7-8-10-14(13)17(2)3/h6-10H,1,11-12H2,2-5H3. The summed E-state index contributed by atoms with van der Waals surface area (Å²) in [6.45, 7) is 3.96. The quantitative estimate of drug-likeness (QED) is 0.743. The fourth-order valence-electron chi connectivity index (χ4n) is 1.98. The summed E-state index contributed by atoms with van der Waals surface area (Å²) in [7, 11) is 7.26. The van der Waals surface area contributed by atoms with Crippen LogP contribution in [0.2, 0.25) is 0 Å². The Morgan fingerprint density at radius 2 is 1.71 bits per heavy atom. The van der Waals surface area contributed by atoms with Crippen LogP contribution in [0.3, 0.4) is 0 Å². The molecule has 5 heteroatoms. The number of carbonyl (C=O) groups excluding carboxylic acids is 2. The monoisotopic (exact) mass is 289 g/mol. The number of likely N-dealkylation sites (N-methyl/N-ethyl adjacent to an activating group) is 2. The molecule has 1 rings (SSSR count). The Kier molecular flexibility index (Phi) is 5.96. The molecule has 0 bridgehead atoms. The number of hydrogen-bond acceptors (Lipinski definition) is 3. The maximum absolute atomic E-state index is 12.1. The normalized spacial score (nSPS) is 9.90. The molecule has 0 aliphatic heterocycles. The second-order valence-electron chi connectivity index (χ2n) is 5.17. The zero-order chi connectivity index (χ0) is 16.0. The van der Waals surface area contributed by atoms with Crippen molar-refractivity contribution in [2.75, 3.05) is 39.6 Å². The lowest BCUT2D eigenvalue weighted by atomic mass is 10.1. The van der Waals surface area contributed by atoms with Crippen LogP contribution in [0.1, 0.15) is 5.56 Å². The number of benzene rings is 1. The minimum Gasteiger partial charge on any atom is -0.377 e. The van der Waals surface area contributed by atoms with Gasteiger partial charge in [0.1, 0.15) is 0 Å². The van der Waals surface area contributed by atoms with Gasteiger partial charge >= 0.3 is 0 Å². The molecule has 0 atom stereocenters. The molecule has 0 N–H and O–H groups in total. The molecule has 21 heavy (non-hydrogen) atoms. The van der Waals surface area contributed by atoms with Crippen LogP contribution in [0.4, 0.5) is 5.69 Å². The Bertz CT molecular complexity index is 526. The van der Waals surface area contributed by atoms with Gasteiger partial charge in [-0.05, 0) is 17.7 Å². The van der Waals surface area contributed by atoms with Crippen LogP contribution in [0, 0.1) is 0 Å². The summed E-state index contributed by atoms with van der Waals surface area (Å²) in [5.74, 6) is -0.369. The van der Waals surface area contributed by atoms with Gasteiger partial charge in [0.2, 0.25) is 11.8 Å². The first-order valence-corrected chi connectivity index (χ1v) is 6.73. The van der Waals surface area contributed by atoms with Gasteiger partial charge in [0.05, 0.1) is 6.54 Å². The fraction of sp³-hybridized carbons (Fsp3) is 0.375. The van der Waals surface area contributed by atoms with E-state index in [1.807, 2.05) is 43.3 Å². The van der Waals surface area contributed by atoms with Crippen molar-refractivity contribution in [2.45, 2.75) is 6.54 Å². The molecule has 0 heterocycles. The maximum Gasteiger partial charge on any atom is 0.246 e. The second kappa shape index (κ2) is 7.47. The largest absolute Gasteiger partial charge is 0.377 e. The summed E-state index contributed by atoms with van der Waals surface area (Å²) in [6.07, 6.45) is 1.20. The molecule has 0 radical (unpaired) electrons. The van der Waals surface area contributed by atoms with E-state index in [2.05, 4.69) is 6.58 Å². The van der Waals surface area contributed by atoms with Gasteiger partial charge < -0.3 is 14.7 Å². The summed E-state index contributed by atoms with van der Waals surface area (Å²) in [4.78, 5) is 28.5. The van der Waals surface area contributed by atoms with Gasteiger partial charge in [0.15, 0.2) is 0 Å². The third-order valence-corrected chi connectivity index (χ3v) is 3.23. The summed E-state index contributed by atoms with van der Waals surface area (Å²) in [5.41, 5.74) is 2.14. The van der Waals surface area contributed by atoms with E-state index < -0.39 is 0 Å². The minimum absolute atomic E-state index is 0.0471. The zero-order valence-electron chi connectivity index (χ0n) is 13.2. The van der Waals surface area contributed by atoms with Crippen LogP contribution in [-0.4, -0.2) is 56.3 Å². The molecule has 0 saturated heterocycles. The van der Waals surface area contributed by atoms with E-state index in [4.69, 9.17) is 0 Å². The molecule has 0 aromatic heterocycles. The van der Waals surface area contributed by atoms with Gasteiger partial charge in [-0.15, -0.1) is 0 Å². The summed E-state index contributed by atoms with van der Waals surface area (Å²) in [6, 6.07) is 7.93. The minimum atomic E-state index is -0.259. The topological polar surface area (TPSA) is 43.9 Å². The molecule has 1 aromatic rings. The van der Waals surface area contributed by atoms with Crippen LogP contribution in [0.25, 0.3) is 0 Å². The van der Waals surface area contributed by atoms with E-state index >= 15 is 0 Å². The lowest BCUT2D eigenvalue weighted by molar-refractivity contribution is -0.136.